The van der Waals surface area contributed by atoms with Gasteiger partial charge >= 0.3 is 0 Å². The van der Waals surface area contributed by atoms with Crippen LogP contribution in [0.4, 0.5) is 0 Å². The Morgan fingerprint density at radius 3 is 1.42 bits per heavy atom. The molecule has 0 saturated carbocycles. The maximum atomic E-state index is 5.40. The Balaban J connectivity index is 1.09. The molecule has 0 aliphatic carbocycles. The van der Waals surface area contributed by atoms with Crippen LogP contribution in [0.15, 0.2) is 200 Å². The van der Waals surface area contributed by atoms with E-state index in [1.807, 2.05) is 6.07 Å². The van der Waals surface area contributed by atoms with Crippen LogP contribution in [0.25, 0.3) is 105 Å². The van der Waals surface area contributed by atoms with Gasteiger partial charge in [-0.05, 0) is 68.4 Å². The molecule has 9 aromatic carbocycles. The molecule has 11 aromatic rings. The van der Waals surface area contributed by atoms with Gasteiger partial charge in [-0.3, -0.25) is 0 Å². The summed E-state index contributed by atoms with van der Waals surface area (Å²) in [6.45, 7) is 0. The van der Waals surface area contributed by atoms with Crippen LogP contribution >= 0.6 is 0 Å². The molecule has 0 aliphatic heterocycles. The first kappa shape index (κ1) is 32.7. The molecule has 0 spiro atoms. The Labute approximate surface area is 329 Å². The van der Waals surface area contributed by atoms with Crippen molar-refractivity contribution >= 4 is 43.2 Å². The maximum absolute atomic E-state index is 5.40. The highest BCUT2D eigenvalue weighted by molar-refractivity contribution is 6.17. The molecule has 5 heteroatoms. The molecule has 0 aliphatic rings. The lowest BCUT2D eigenvalue weighted by Gasteiger charge is -2.11. The first-order valence-corrected chi connectivity index (χ1v) is 19.1. The lowest BCUT2D eigenvalue weighted by molar-refractivity contribution is 0.918. The predicted molar refractivity (Wildman–Crippen MR) is 234 cm³/mol. The fourth-order valence-corrected chi connectivity index (χ4v) is 7.99. The molecule has 0 N–H and O–H groups in total. The quantitative estimate of drug-likeness (QED) is 0.171. The summed E-state index contributed by atoms with van der Waals surface area (Å²) in [5.41, 5.74) is 9.06. The molecule has 11 rings (SSSR count). The third-order valence-electron chi connectivity index (χ3n) is 10.8. The van der Waals surface area contributed by atoms with E-state index in [1.54, 1.807) is 0 Å². The van der Waals surface area contributed by atoms with Crippen molar-refractivity contribution in [1.29, 1.82) is 0 Å². The van der Waals surface area contributed by atoms with E-state index in [1.165, 1.54) is 16.2 Å². The van der Waals surface area contributed by atoms with Gasteiger partial charge in [0.25, 0.3) is 0 Å². The van der Waals surface area contributed by atoms with Crippen molar-refractivity contribution in [3.63, 3.8) is 0 Å². The summed E-state index contributed by atoms with van der Waals surface area (Å²) in [5, 5.41) is 13.4. The Morgan fingerprint density at radius 2 is 0.807 bits per heavy atom. The van der Waals surface area contributed by atoms with Gasteiger partial charge in [0.2, 0.25) is 0 Å². The number of hydrogen-bond donors (Lipinski definition) is 0. The van der Waals surface area contributed by atoms with Gasteiger partial charge in [0.05, 0.1) is 11.2 Å². The van der Waals surface area contributed by atoms with Crippen LogP contribution in [-0.2, 0) is 0 Å². The molecule has 0 radical (unpaired) electrons. The average Bonchev–Trinajstić information content (AvgIpc) is 3.70. The van der Waals surface area contributed by atoms with Crippen molar-refractivity contribution in [2.75, 3.05) is 0 Å². The third kappa shape index (κ3) is 5.81. The summed E-state index contributed by atoms with van der Waals surface area (Å²) in [6, 6.07) is 69.9. The van der Waals surface area contributed by atoms with Crippen molar-refractivity contribution in [1.82, 2.24) is 24.7 Å². The van der Waals surface area contributed by atoms with Gasteiger partial charge in [-0.1, -0.05) is 170 Å². The first-order valence-electron chi connectivity index (χ1n) is 19.1. The summed E-state index contributed by atoms with van der Waals surface area (Å²) in [5.74, 6) is 1.87. The lowest BCUT2D eigenvalue weighted by Crippen LogP contribution is -2.00. The molecule has 0 amide bonds. The number of benzene rings is 9. The number of nitrogens with zero attached hydrogens (tertiary/aromatic N) is 5. The van der Waals surface area contributed by atoms with Gasteiger partial charge in [-0.25, -0.2) is 19.6 Å². The van der Waals surface area contributed by atoms with Gasteiger partial charge in [0, 0.05) is 33.0 Å². The summed E-state index contributed by atoms with van der Waals surface area (Å²) < 4.78 is 2.10. The van der Waals surface area contributed by atoms with Gasteiger partial charge in [-0.15, -0.1) is 0 Å². The molecule has 57 heavy (non-hydrogen) atoms. The second-order valence-corrected chi connectivity index (χ2v) is 14.3. The Bertz CT molecular complexity index is 3180. The molecule has 0 fully saturated rings. The van der Waals surface area contributed by atoms with Gasteiger partial charge in [-0.2, -0.15) is 5.10 Å². The number of aromatic nitrogens is 5. The Hall–Kier alpha value is -7.76. The zero-order valence-electron chi connectivity index (χ0n) is 30.8. The molecule has 0 unspecified atom stereocenters. The smallest absolute Gasteiger partial charge is 0.164 e. The fraction of sp³-hybridized carbons (Fsp3) is 0. The highest BCUT2D eigenvalue weighted by Crippen LogP contribution is 2.42. The van der Waals surface area contributed by atoms with Crippen molar-refractivity contribution in [2.24, 2.45) is 0 Å². The van der Waals surface area contributed by atoms with Crippen LogP contribution in [0.3, 0.4) is 0 Å². The third-order valence-corrected chi connectivity index (χ3v) is 10.8. The number of rotatable bonds is 6. The number of para-hydroxylation sites is 1. The van der Waals surface area contributed by atoms with Crippen LogP contribution in [0, 0.1) is 0 Å². The largest absolute Gasteiger partial charge is 0.232 e. The molecular weight excluding hydrogens is 695 g/mol. The van der Waals surface area contributed by atoms with Gasteiger partial charge < -0.3 is 0 Å². The normalized spacial score (nSPS) is 11.5. The van der Waals surface area contributed by atoms with E-state index >= 15 is 0 Å². The van der Waals surface area contributed by atoms with Crippen LogP contribution in [0.1, 0.15) is 0 Å². The molecule has 2 aromatic heterocycles. The average molecular weight is 728 g/mol. The van der Waals surface area contributed by atoms with Crippen LogP contribution < -0.4 is 0 Å². The topological polar surface area (TPSA) is 56.5 Å². The van der Waals surface area contributed by atoms with Gasteiger partial charge in [0.1, 0.15) is 5.69 Å². The predicted octanol–water partition coefficient (Wildman–Crippen LogP) is 13.0. The molecule has 0 atom stereocenters. The first-order chi connectivity index (χ1) is 28.2. The minimum Gasteiger partial charge on any atom is -0.232 e. The van der Waals surface area contributed by atoms with Crippen molar-refractivity contribution < 1.29 is 0 Å². The Morgan fingerprint density at radius 1 is 0.333 bits per heavy atom. The van der Waals surface area contributed by atoms with E-state index in [2.05, 4.69) is 199 Å². The molecule has 0 saturated heterocycles. The van der Waals surface area contributed by atoms with E-state index in [4.69, 9.17) is 20.1 Å². The fourth-order valence-electron chi connectivity index (χ4n) is 7.99. The second kappa shape index (κ2) is 13.5. The van der Waals surface area contributed by atoms with E-state index in [-0.39, 0.29) is 0 Å². The molecule has 0 bridgehead atoms. The van der Waals surface area contributed by atoms with Gasteiger partial charge in [0.15, 0.2) is 17.5 Å². The van der Waals surface area contributed by atoms with Crippen molar-refractivity contribution in [3.8, 4) is 62.2 Å². The van der Waals surface area contributed by atoms with Crippen molar-refractivity contribution in [3.05, 3.63) is 200 Å². The minimum atomic E-state index is 0.610. The second-order valence-electron chi connectivity index (χ2n) is 14.3. The summed E-state index contributed by atoms with van der Waals surface area (Å²) in [7, 11) is 0. The van der Waals surface area contributed by atoms with Crippen LogP contribution in [0.5, 0.6) is 0 Å². The van der Waals surface area contributed by atoms with Crippen LogP contribution in [-0.4, -0.2) is 24.7 Å². The van der Waals surface area contributed by atoms with E-state index in [0.29, 0.717) is 17.5 Å². The Kier molecular flexibility index (Phi) is 7.74. The zero-order chi connectivity index (χ0) is 37.7. The zero-order valence-corrected chi connectivity index (χ0v) is 30.8. The monoisotopic (exact) mass is 727 g/mol. The summed E-state index contributed by atoms with van der Waals surface area (Å²) in [6.07, 6.45) is 0. The highest BCUT2D eigenvalue weighted by Gasteiger charge is 2.21. The van der Waals surface area contributed by atoms with Crippen LogP contribution in [0.2, 0.25) is 0 Å². The highest BCUT2D eigenvalue weighted by atomic mass is 15.3. The molecule has 266 valence electrons. The summed E-state index contributed by atoms with van der Waals surface area (Å²) >= 11 is 0. The number of hydrogen-bond acceptors (Lipinski definition) is 4. The molecule has 2 heterocycles. The number of fused-ring (bicyclic) bond motifs is 5. The minimum absolute atomic E-state index is 0.610. The molecular formula is C52H33N5. The summed E-state index contributed by atoms with van der Waals surface area (Å²) in [4.78, 5) is 15.3. The lowest BCUT2D eigenvalue weighted by atomic mass is 9.93. The van der Waals surface area contributed by atoms with E-state index in [9.17, 15) is 0 Å². The SMILES string of the molecule is c1ccc(-c2cc3ccccc3c3c2c(-c2ccc(-c4nc(-c5ccc6ccccc6c5)nc(-c5ccc6ccccc6c5)n4)cc2)nn3-c2ccccc2)cc1. The maximum Gasteiger partial charge on any atom is 0.164 e. The van der Waals surface area contributed by atoms with E-state index in [0.717, 1.165) is 71.8 Å². The van der Waals surface area contributed by atoms with E-state index < -0.39 is 0 Å². The molecule has 5 nitrogen and oxygen atoms in total. The van der Waals surface area contributed by atoms with Crippen molar-refractivity contribution in [2.45, 2.75) is 0 Å². The standard InChI is InChI=1S/C52H33N5/c1-3-15-36(16-4-1)46-33-41-19-11-12-22-45(41)49-47(46)48(56-57(49)44-20-5-2-6-21-44)37-25-27-38(28-26-37)50-53-51(42-29-23-34-13-7-9-17-39(34)31-42)55-52(54-50)43-30-24-35-14-8-10-18-40(35)32-43/h1-33H.